The van der Waals surface area contributed by atoms with Gasteiger partial charge in [-0.2, -0.15) is 0 Å². The maximum atomic E-state index is 6.80. The predicted molar refractivity (Wildman–Crippen MR) is 97.1 cm³/mol. The van der Waals surface area contributed by atoms with Crippen LogP contribution in [0.25, 0.3) is 22.0 Å². The van der Waals surface area contributed by atoms with E-state index in [1.165, 1.54) is 11.1 Å². The SMILES string of the molecule is CCc1cc(C)c2[nH]ccc2c1C(C)(N)c1nc2ccccc2o1. The van der Waals surface area contributed by atoms with E-state index in [0.29, 0.717) is 5.89 Å². The molecule has 2 heterocycles. The summed E-state index contributed by atoms with van der Waals surface area (Å²) in [6, 6.07) is 12.1. The topological polar surface area (TPSA) is 67.8 Å². The van der Waals surface area contributed by atoms with Gasteiger partial charge in [-0.3, -0.25) is 0 Å². The smallest absolute Gasteiger partial charge is 0.219 e. The highest BCUT2D eigenvalue weighted by Crippen LogP contribution is 2.37. The summed E-state index contributed by atoms with van der Waals surface area (Å²) < 4.78 is 6.00. The number of para-hydroxylation sites is 2. The van der Waals surface area contributed by atoms with Crippen molar-refractivity contribution in [2.45, 2.75) is 32.7 Å². The van der Waals surface area contributed by atoms with E-state index in [4.69, 9.17) is 10.2 Å². The summed E-state index contributed by atoms with van der Waals surface area (Å²) in [5, 5.41) is 1.14. The number of fused-ring (bicyclic) bond motifs is 2. The Bertz CT molecular complexity index is 1010. The Balaban J connectivity index is 2.01. The predicted octanol–water partition coefficient (Wildman–Crippen LogP) is 4.40. The molecule has 1 unspecified atom stereocenters. The van der Waals surface area contributed by atoms with E-state index < -0.39 is 5.54 Å². The van der Waals surface area contributed by atoms with Crippen LogP contribution < -0.4 is 5.73 Å². The Hall–Kier alpha value is -2.59. The molecule has 4 aromatic rings. The van der Waals surface area contributed by atoms with Crippen LogP contribution in [0.5, 0.6) is 0 Å². The van der Waals surface area contributed by atoms with Crippen LogP contribution in [-0.2, 0) is 12.0 Å². The average molecular weight is 319 g/mol. The quantitative estimate of drug-likeness (QED) is 0.588. The number of H-pyrrole nitrogens is 1. The van der Waals surface area contributed by atoms with Crippen molar-refractivity contribution in [3.63, 3.8) is 0 Å². The van der Waals surface area contributed by atoms with Crippen LogP contribution in [0.3, 0.4) is 0 Å². The largest absolute Gasteiger partial charge is 0.438 e. The second-order valence-electron chi connectivity index (χ2n) is 6.54. The minimum absolute atomic E-state index is 0.546. The second kappa shape index (κ2) is 5.21. The fourth-order valence-electron chi connectivity index (χ4n) is 3.58. The minimum atomic E-state index is -0.807. The molecule has 3 N–H and O–H groups in total. The van der Waals surface area contributed by atoms with Crippen molar-refractivity contribution in [1.29, 1.82) is 0 Å². The first kappa shape index (κ1) is 15.0. The van der Waals surface area contributed by atoms with Crippen LogP contribution in [0.4, 0.5) is 0 Å². The van der Waals surface area contributed by atoms with E-state index >= 15 is 0 Å². The summed E-state index contributed by atoms with van der Waals surface area (Å²) >= 11 is 0. The van der Waals surface area contributed by atoms with Crippen LogP contribution in [-0.4, -0.2) is 9.97 Å². The highest BCUT2D eigenvalue weighted by atomic mass is 16.3. The number of aromatic nitrogens is 2. The van der Waals surface area contributed by atoms with Crippen LogP contribution >= 0.6 is 0 Å². The maximum absolute atomic E-state index is 6.80. The van der Waals surface area contributed by atoms with Gasteiger partial charge in [-0.05, 0) is 55.2 Å². The van der Waals surface area contributed by atoms with Gasteiger partial charge in [0.25, 0.3) is 0 Å². The first-order valence-corrected chi connectivity index (χ1v) is 8.27. The molecule has 2 aromatic carbocycles. The lowest BCUT2D eigenvalue weighted by Gasteiger charge is -2.26. The van der Waals surface area contributed by atoms with E-state index in [1.807, 2.05) is 37.4 Å². The molecule has 1 atom stereocenters. The monoisotopic (exact) mass is 319 g/mol. The number of hydrogen-bond acceptors (Lipinski definition) is 3. The van der Waals surface area contributed by atoms with Crippen molar-refractivity contribution in [3.05, 3.63) is 65.2 Å². The van der Waals surface area contributed by atoms with Gasteiger partial charge in [0.05, 0.1) is 0 Å². The minimum Gasteiger partial charge on any atom is -0.438 e. The molecule has 4 rings (SSSR count). The molecular formula is C20H21N3O. The van der Waals surface area contributed by atoms with Gasteiger partial charge in [-0.15, -0.1) is 0 Å². The zero-order chi connectivity index (χ0) is 16.9. The van der Waals surface area contributed by atoms with Crippen molar-refractivity contribution < 1.29 is 4.42 Å². The van der Waals surface area contributed by atoms with Crippen LogP contribution in [0.2, 0.25) is 0 Å². The molecular weight excluding hydrogens is 298 g/mol. The summed E-state index contributed by atoms with van der Waals surface area (Å²) in [5.41, 5.74) is 12.3. The third-order valence-corrected chi connectivity index (χ3v) is 4.76. The Morgan fingerprint density at radius 3 is 2.79 bits per heavy atom. The molecule has 0 fully saturated rings. The Morgan fingerprint density at radius 1 is 1.25 bits per heavy atom. The standard InChI is InChI=1S/C20H21N3O/c1-4-13-11-12(2)18-14(9-10-22-18)17(13)20(3,21)19-23-15-7-5-6-8-16(15)24-19/h5-11,22H,4,21H2,1-3H3. The van der Waals surface area contributed by atoms with Crippen molar-refractivity contribution in [1.82, 2.24) is 9.97 Å². The normalized spacial score (nSPS) is 14.3. The molecule has 2 aromatic heterocycles. The number of rotatable bonds is 3. The van der Waals surface area contributed by atoms with Crippen LogP contribution in [0.15, 0.2) is 47.0 Å². The van der Waals surface area contributed by atoms with E-state index in [9.17, 15) is 0 Å². The molecule has 4 nitrogen and oxygen atoms in total. The lowest BCUT2D eigenvalue weighted by atomic mass is 9.84. The molecule has 0 aliphatic heterocycles. The third-order valence-electron chi connectivity index (χ3n) is 4.76. The Labute approximate surface area is 140 Å². The van der Waals surface area contributed by atoms with Gasteiger partial charge in [-0.25, -0.2) is 4.98 Å². The van der Waals surface area contributed by atoms with Gasteiger partial charge >= 0.3 is 0 Å². The maximum Gasteiger partial charge on any atom is 0.219 e. The van der Waals surface area contributed by atoms with Gasteiger partial charge in [0.1, 0.15) is 11.1 Å². The van der Waals surface area contributed by atoms with E-state index in [1.54, 1.807) is 0 Å². The zero-order valence-electron chi connectivity index (χ0n) is 14.2. The van der Waals surface area contributed by atoms with Crippen molar-refractivity contribution in [2.24, 2.45) is 5.73 Å². The van der Waals surface area contributed by atoms with Gasteiger partial charge in [0.2, 0.25) is 5.89 Å². The summed E-state index contributed by atoms with van der Waals surface area (Å²) in [4.78, 5) is 7.97. The van der Waals surface area contributed by atoms with E-state index in [0.717, 1.165) is 34.0 Å². The fourth-order valence-corrected chi connectivity index (χ4v) is 3.58. The summed E-state index contributed by atoms with van der Waals surface area (Å²) in [6.07, 6.45) is 2.87. The fraction of sp³-hybridized carbons (Fsp3) is 0.250. The number of nitrogens with zero attached hydrogens (tertiary/aromatic N) is 1. The van der Waals surface area contributed by atoms with Gasteiger partial charge < -0.3 is 15.1 Å². The van der Waals surface area contributed by atoms with Gasteiger partial charge in [0.15, 0.2) is 5.58 Å². The number of benzene rings is 2. The van der Waals surface area contributed by atoms with Crippen molar-refractivity contribution >= 4 is 22.0 Å². The molecule has 0 saturated carbocycles. The number of aromatic amines is 1. The van der Waals surface area contributed by atoms with Crippen molar-refractivity contribution in [3.8, 4) is 0 Å². The lowest BCUT2D eigenvalue weighted by molar-refractivity contribution is 0.419. The van der Waals surface area contributed by atoms with Crippen molar-refractivity contribution in [2.75, 3.05) is 0 Å². The molecule has 122 valence electrons. The number of oxazole rings is 1. The molecule has 24 heavy (non-hydrogen) atoms. The Morgan fingerprint density at radius 2 is 2.04 bits per heavy atom. The third kappa shape index (κ3) is 2.07. The Kier molecular flexibility index (Phi) is 3.25. The van der Waals surface area contributed by atoms with E-state index in [2.05, 4.69) is 35.9 Å². The molecule has 0 aliphatic carbocycles. The summed E-state index contributed by atoms with van der Waals surface area (Å²) in [7, 11) is 0. The van der Waals surface area contributed by atoms with Crippen LogP contribution in [0.1, 0.15) is 36.4 Å². The number of hydrogen-bond donors (Lipinski definition) is 2. The number of nitrogens with one attached hydrogen (secondary N) is 1. The highest BCUT2D eigenvalue weighted by molar-refractivity contribution is 5.88. The average Bonchev–Trinajstić information content (AvgIpc) is 3.21. The molecule has 4 heteroatoms. The van der Waals surface area contributed by atoms with Gasteiger partial charge in [-0.1, -0.05) is 25.1 Å². The van der Waals surface area contributed by atoms with E-state index in [-0.39, 0.29) is 0 Å². The highest BCUT2D eigenvalue weighted by Gasteiger charge is 2.34. The summed E-state index contributed by atoms with van der Waals surface area (Å²) in [6.45, 7) is 6.25. The van der Waals surface area contributed by atoms with Gasteiger partial charge in [0, 0.05) is 17.1 Å². The summed E-state index contributed by atoms with van der Waals surface area (Å²) in [5.74, 6) is 0.546. The zero-order valence-corrected chi connectivity index (χ0v) is 14.2. The van der Waals surface area contributed by atoms with Crippen LogP contribution in [0, 0.1) is 6.92 Å². The molecule has 0 amide bonds. The molecule has 0 radical (unpaired) electrons. The first-order valence-electron chi connectivity index (χ1n) is 8.27. The molecule has 0 saturated heterocycles. The molecule has 0 bridgehead atoms. The number of nitrogens with two attached hydrogens (primary N) is 1. The lowest BCUT2D eigenvalue weighted by Crippen LogP contribution is -2.36. The number of aryl methyl sites for hydroxylation is 2. The first-order chi connectivity index (χ1) is 11.5. The molecule has 0 spiro atoms. The molecule has 0 aliphatic rings. The second-order valence-corrected chi connectivity index (χ2v) is 6.54.